The Labute approximate surface area is 142 Å². The van der Waals surface area contributed by atoms with Crippen LogP contribution in [0.1, 0.15) is 45.7 Å². The Morgan fingerprint density at radius 1 is 1.33 bits per heavy atom. The van der Waals surface area contributed by atoms with Gasteiger partial charge >= 0.3 is 0 Å². The number of thioether (sulfide) groups is 1. The van der Waals surface area contributed by atoms with E-state index in [9.17, 15) is 0 Å². The highest BCUT2D eigenvalue weighted by molar-refractivity contribution is 9.10. The summed E-state index contributed by atoms with van der Waals surface area (Å²) in [5.41, 5.74) is 2.80. The monoisotopic (exact) mass is 370 g/mol. The molecule has 1 saturated heterocycles. The van der Waals surface area contributed by atoms with Crippen LogP contribution in [0.5, 0.6) is 0 Å². The Morgan fingerprint density at radius 2 is 2.00 bits per heavy atom. The van der Waals surface area contributed by atoms with Gasteiger partial charge in [0.25, 0.3) is 0 Å². The minimum atomic E-state index is 0.397. The molecule has 3 unspecified atom stereocenters. The summed E-state index contributed by atoms with van der Waals surface area (Å²) in [5.74, 6) is 0. The molecule has 0 amide bonds. The minimum absolute atomic E-state index is 0.397. The van der Waals surface area contributed by atoms with Crippen molar-refractivity contribution in [2.75, 3.05) is 24.5 Å². The molecule has 0 bridgehead atoms. The van der Waals surface area contributed by atoms with Gasteiger partial charge in [0.05, 0.1) is 0 Å². The molecule has 0 saturated carbocycles. The number of rotatable bonds is 5. The highest BCUT2D eigenvalue weighted by atomic mass is 79.9. The zero-order chi connectivity index (χ0) is 15.4. The molecule has 1 fully saturated rings. The van der Waals surface area contributed by atoms with Crippen molar-refractivity contribution >= 4 is 33.4 Å². The SMILES string of the molecule is CCCNC(C)c1ccc(Br)cc1N1CC(C)SC(C)C1. The quantitative estimate of drug-likeness (QED) is 0.797. The number of anilines is 1. The predicted octanol–water partition coefficient (Wildman–Crippen LogP) is 4.84. The molecule has 118 valence electrons. The van der Waals surface area contributed by atoms with E-state index in [1.165, 1.54) is 22.1 Å². The molecule has 0 aliphatic carbocycles. The summed E-state index contributed by atoms with van der Waals surface area (Å²) < 4.78 is 1.17. The van der Waals surface area contributed by atoms with Crippen LogP contribution in [0.2, 0.25) is 0 Å². The first-order valence-corrected chi connectivity index (χ1v) is 9.68. The molecular weight excluding hydrogens is 344 g/mol. The van der Waals surface area contributed by atoms with E-state index in [1.807, 2.05) is 0 Å². The van der Waals surface area contributed by atoms with Crippen molar-refractivity contribution in [1.29, 1.82) is 0 Å². The van der Waals surface area contributed by atoms with Crippen LogP contribution >= 0.6 is 27.7 Å². The lowest BCUT2D eigenvalue weighted by atomic mass is 10.0. The highest BCUT2D eigenvalue weighted by Gasteiger charge is 2.25. The Balaban J connectivity index is 2.26. The number of nitrogens with one attached hydrogen (secondary N) is 1. The maximum absolute atomic E-state index is 3.64. The van der Waals surface area contributed by atoms with Gasteiger partial charge in [0.1, 0.15) is 0 Å². The van der Waals surface area contributed by atoms with Crippen molar-refractivity contribution in [2.45, 2.75) is 50.7 Å². The lowest BCUT2D eigenvalue weighted by Crippen LogP contribution is -2.41. The second-order valence-electron chi connectivity index (χ2n) is 6.04. The fourth-order valence-electron chi connectivity index (χ4n) is 3.00. The largest absolute Gasteiger partial charge is 0.369 e. The Kier molecular flexibility index (Phi) is 6.45. The van der Waals surface area contributed by atoms with E-state index in [0.717, 1.165) is 19.6 Å². The molecule has 1 aliphatic rings. The normalized spacial score (nSPS) is 24.1. The van der Waals surface area contributed by atoms with Crippen molar-refractivity contribution in [1.82, 2.24) is 5.32 Å². The van der Waals surface area contributed by atoms with Gasteiger partial charge in [-0.2, -0.15) is 11.8 Å². The van der Waals surface area contributed by atoms with E-state index >= 15 is 0 Å². The van der Waals surface area contributed by atoms with Crippen molar-refractivity contribution in [3.63, 3.8) is 0 Å². The van der Waals surface area contributed by atoms with Gasteiger partial charge in [-0.3, -0.25) is 0 Å². The first-order chi connectivity index (χ1) is 10.0. The molecule has 0 radical (unpaired) electrons. The van der Waals surface area contributed by atoms with Crippen molar-refractivity contribution in [2.24, 2.45) is 0 Å². The van der Waals surface area contributed by atoms with E-state index < -0.39 is 0 Å². The van der Waals surface area contributed by atoms with Crippen LogP contribution in [0.25, 0.3) is 0 Å². The van der Waals surface area contributed by atoms with Gasteiger partial charge in [0.2, 0.25) is 0 Å². The standard InChI is InChI=1S/C17H27BrN2S/c1-5-8-19-14(4)16-7-6-15(18)9-17(16)20-10-12(2)21-13(3)11-20/h6-7,9,12-14,19H,5,8,10-11H2,1-4H3. The third kappa shape index (κ3) is 4.64. The predicted molar refractivity (Wildman–Crippen MR) is 99.6 cm³/mol. The fraction of sp³-hybridized carbons (Fsp3) is 0.647. The molecule has 0 spiro atoms. The number of benzene rings is 1. The Morgan fingerprint density at radius 3 is 2.62 bits per heavy atom. The van der Waals surface area contributed by atoms with Gasteiger partial charge in [0.15, 0.2) is 0 Å². The lowest BCUT2D eigenvalue weighted by Gasteiger charge is -2.38. The van der Waals surface area contributed by atoms with Crippen molar-refractivity contribution in [3.05, 3.63) is 28.2 Å². The highest BCUT2D eigenvalue weighted by Crippen LogP contribution is 2.34. The average molecular weight is 371 g/mol. The third-order valence-electron chi connectivity index (χ3n) is 3.92. The van der Waals surface area contributed by atoms with E-state index in [4.69, 9.17) is 0 Å². The molecule has 0 aromatic heterocycles. The third-order valence-corrected chi connectivity index (χ3v) is 5.64. The average Bonchev–Trinajstić information content (AvgIpc) is 2.43. The summed E-state index contributed by atoms with van der Waals surface area (Å²) in [6, 6.07) is 7.11. The summed E-state index contributed by atoms with van der Waals surface area (Å²) in [6.45, 7) is 12.5. The van der Waals surface area contributed by atoms with Gasteiger partial charge < -0.3 is 10.2 Å². The molecule has 1 aromatic carbocycles. The van der Waals surface area contributed by atoms with Crippen LogP contribution in [0.4, 0.5) is 5.69 Å². The molecule has 21 heavy (non-hydrogen) atoms. The number of hydrogen-bond donors (Lipinski definition) is 1. The molecule has 1 heterocycles. The van der Waals surface area contributed by atoms with Crippen LogP contribution in [-0.2, 0) is 0 Å². The van der Waals surface area contributed by atoms with Gasteiger partial charge in [-0.25, -0.2) is 0 Å². The first-order valence-electron chi connectivity index (χ1n) is 7.94. The molecule has 3 atom stereocenters. The van der Waals surface area contributed by atoms with Gasteiger partial charge in [-0.15, -0.1) is 0 Å². The molecule has 2 rings (SSSR count). The van der Waals surface area contributed by atoms with Crippen LogP contribution in [0.15, 0.2) is 22.7 Å². The molecule has 4 heteroatoms. The number of nitrogens with zero attached hydrogens (tertiary/aromatic N) is 1. The maximum atomic E-state index is 3.64. The zero-order valence-electron chi connectivity index (χ0n) is 13.5. The maximum Gasteiger partial charge on any atom is 0.0426 e. The molecule has 2 nitrogen and oxygen atoms in total. The second kappa shape index (κ2) is 7.89. The van der Waals surface area contributed by atoms with Crippen molar-refractivity contribution in [3.8, 4) is 0 Å². The molecule has 1 aromatic rings. The van der Waals surface area contributed by atoms with Gasteiger partial charge in [-0.05, 0) is 37.6 Å². The molecular formula is C17H27BrN2S. The second-order valence-corrected chi connectivity index (χ2v) is 8.84. The summed E-state index contributed by atoms with van der Waals surface area (Å²) in [7, 11) is 0. The topological polar surface area (TPSA) is 15.3 Å². The Hall–Kier alpha value is -0.190. The zero-order valence-corrected chi connectivity index (χ0v) is 15.9. The smallest absolute Gasteiger partial charge is 0.0426 e. The van der Waals surface area contributed by atoms with E-state index in [0.29, 0.717) is 16.5 Å². The summed E-state index contributed by atoms with van der Waals surface area (Å²) in [5, 5.41) is 5.01. The molecule has 1 aliphatic heterocycles. The fourth-order valence-corrected chi connectivity index (χ4v) is 4.68. The first kappa shape index (κ1) is 17.2. The van der Waals surface area contributed by atoms with Gasteiger partial charge in [0, 0.05) is 39.8 Å². The van der Waals surface area contributed by atoms with E-state index in [-0.39, 0.29) is 0 Å². The number of halogens is 1. The van der Waals surface area contributed by atoms with E-state index in [2.05, 4.69) is 83.8 Å². The Bertz CT molecular complexity index is 456. The number of hydrogen-bond acceptors (Lipinski definition) is 3. The van der Waals surface area contributed by atoms with E-state index in [1.54, 1.807) is 0 Å². The van der Waals surface area contributed by atoms with Crippen LogP contribution in [-0.4, -0.2) is 30.1 Å². The minimum Gasteiger partial charge on any atom is -0.369 e. The summed E-state index contributed by atoms with van der Waals surface area (Å²) in [6.07, 6.45) is 1.17. The van der Waals surface area contributed by atoms with Crippen LogP contribution in [0.3, 0.4) is 0 Å². The van der Waals surface area contributed by atoms with Crippen LogP contribution in [0, 0.1) is 0 Å². The summed E-state index contributed by atoms with van der Waals surface area (Å²) in [4.78, 5) is 2.57. The molecule has 1 N–H and O–H groups in total. The van der Waals surface area contributed by atoms with Crippen molar-refractivity contribution < 1.29 is 0 Å². The lowest BCUT2D eigenvalue weighted by molar-refractivity contribution is 0.568. The summed E-state index contributed by atoms with van der Waals surface area (Å²) >= 11 is 5.75. The van der Waals surface area contributed by atoms with Crippen LogP contribution < -0.4 is 10.2 Å². The van der Waals surface area contributed by atoms with Gasteiger partial charge in [-0.1, -0.05) is 42.8 Å².